The molecule has 1 aromatic rings. The molecule has 0 radical (unpaired) electrons. The molecule has 2 bridgehead atoms. The van der Waals surface area contributed by atoms with Crippen molar-refractivity contribution >= 4 is 11.9 Å². The molecule has 1 N–H and O–H groups in total. The van der Waals surface area contributed by atoms with Crippen molar-refractivity contribution in [1.82, 2.24) is 4.90 Å². The van der Waals surface area contributed by atoms with Crippen LogP contribution in [-0.2, 0) is 22.6 Å². The van der Waals surface area contributed by atoms with Crippen LogP contribution in [0.1, 0.15) is 17.5 Å². The van der Waals surface area contributed by atoms with Gasteiger partial charge < -0.3 is 10.0 Å². The molecule has 1 heterocycles. The molecule has 114 valence electrons. The molecule has 4 rings (SSSR count). The van der Waals surface area contributed by atoms with Crippen LogP contribution in [-0.4, -0.2) is 28.4 Å². The van der Waals surface area contributed by atoms with E-state index in [-0.39, 0.29) is 23.7 Å². The summed E-state index contributed by atoms with van der Waals surface area (Å²) in [6.07, 6.45) is 5.71. The van der Waals surface area contributed by atoms with Gasteiger partial charge in [0.2, 0.25) is 5.91 Å². The van der Waals surface area contributed by atoms with Crippen LogP contribution < -0.4 is 0 Å². The smallest absolute Gasteiger partial charge is 0.307 e. The molecule has 4 atom stereocenters. The fraction of sp³-hybridized carbons (Fsp3) is 0.444. The van der Waals surface area contributed by atoms with E-state index in [2.05, 4.69) is 12.1 Å². The number of hydrogen-bond donors (Lipinski definition) is 1. The lowest BCUT2D eigenvalue weighted by atomic mass is 9.81. The highest BCUT2D eigenvalue weighted by molar-refractivity contribution is 5.87. The van der Waals surface area contributed by atoms with Gasteiger partial charge in [-0.3, -0.25) is 9.59 Å². The number of carbonyl (C=O) groups excluding carboxylic acids is 1. The average molecular weight is 297 g/mol. The number of carboxylic acid groups (broad SMARTS) is 1. The van der Waals surface area contributed by atoms with Crippen molar-refractivity contribution in [1.29, 1.82) is 0 Å². The fourth-order valence-corrected chi connectivity index (χ4v) is 4.39. The van der Waals surface area contributed by atoms with Crippen LogP contribution in [0, 0.1) is 23.7 Å². The zero-order valence-electron chi connectivity index (χ0n) is 12.3. The largest absolute Gasteiger partial charge is 0.481 e. The summed E-state index contributed by atoms with van der Waals surface area (Å²) in [5.74, 6) is -1.58. The van der Waals surface area contributed by atoms with Crippen molar-refractivity contribution in [3.05, 3.63) is 47.5 Å². The summed E-state index contributed by atoms with van der Waals surface area (Å²) in [5.41, 5.74) is 2.49. The van der Waals surface area contributed by atoms with Gasteiger partial charge in [-0.2, -0.15) is 0 Å². The molecular weight excluding hydrogens is 278 g/mol. The van der Waals surface area contributed by atoms with Gasteiger partial charge in [-0.1, -0.05) is 36.4 Å². The Morgan fingerprint density at radius 1 is 1.05 bits per heavy atom. The third-order valence-corrected chi connectivity index (χ3v) is 5.47. The Bertz CT molecular complexity index is 666. The van der Waals surface area contributed by atoms with E-state index in [9.17, 15) is 14.7 Å². The first-order valence-electron chi connectivity index (χ1n) is 7.92. The lowest BCUT2D eigenvalue weighted by Gasteiger charge is -2.34. The summed E-state index contributed by atoms with van der Waals surface area (Å²) in [5, 5.41) is 9.51. The number of benzene rings is 1. The summed E-state index contributed by atoms with van der Waals surface area (Å²) in [7, 11) is 0. The van der Waals surface area contributed by atoms with E-state index in [0.717, 1.165) is 12.8 Å². The fourth-order valence-electron chi connectivity index (χ4n) is 4.39. The molecule has 0 aromatic heterocycles. The highest BCUT2D eigenvalue weighted by Crippen LogP contribution is 2.49. The summed E-state index contributed by atoms with van der Waals surface area (Å²) < 4.78 is 0. The van der Waals surface area contributed by atoms with Gasteiger partial charge in [0.25, 0.3) is 0 Å². The third-order valence-electron chi connectivity index (χ3n) is 5.47. The van der Waals surface area contributed by atoms with E-state index in [1.54, 1.807) is 0 Å². The van der Waals surface area contributed by atoms with Crippen LogP contribution in [0.2, 0.25) is 0 Å². The molecule has 1 fully saturated rings. The van der Waals surface area contributed by atoms with Crippen LogP contribution in [0.5, 0.6) is 0 Å². The van der Waals surface area contributed by atoms with Crippen molar-refractivity contribution in [2.24, 2.45) is 23.7 Å². The molecule has 3 aliphatic rings. The number of nitrogens with zero attached hydrogens (tertiary/aromatic N) is 1. The Morgan fingerprint density at radius 3 is 2.45 bits per heavy atom. The summed E-state index contributed by atoms with van der Waals surface area (Å²) in [6, 6.07) is 8.19. The Balaban J connectivity index is 1.58. The molecule has 1 aliphatic heterocycles. The first-order chi connectivity index (χ1) is 10.6. The predicted molar refractivity (Wildman–Crippen MR) is 80.9 cm³/mol. The highest BCUT2D eigenvalue weighted by Gasteiger charge is 2.52. The number of allylic oxidation sites excluding steroid dienone is 2. The highest BCUT2D eigenvalue weighted by atomic mass is 16.4. The van der Waals surface area contributed by atoms with Gasteiger partial charge in [-0.15, -0.1) is 0 Å². The lowest BCUT2D eigenvalue weighted by molar-refractivity contribution is -0.151. The number of hydrogen-bond acceptors (Lipinski definition) is 2. The Hall–Kier alpha value is -2.10. The predicted octanol–water partition coefficient (Wildman–Crippen LogP) is 2.09. The number of amides is 1. The third kappa shape index (κ3) is 1.97. The van der Waals surface area contributed by atoms with Crippen molar-refractivity contribution in [3.8, 4) is 0 Å². The molecule has 22 heavy (non-hydrogen) atoms. The standard InChI is InChI=1S/C18H19NO3/c20-17(15-12-5-6-13(9-12)16(15)18(21)22)19-8-7-11-3-1-2-4-14(11)10-19/h1-6,12-13,15-16H,7-10H2,(H,21,22)/t12-,13-,15+,16+/m1/s1. The van der Waals surface area contributed by atoms with E-state index < -0.39 is 11.9 Å². The minimum absolute atomic E-state index is 0.0266. The maximum absolute atomic E-state index is 12.9. The molecule has 2 aliphatic carbocycles. The number of aliphatic carboxylic acids is 1. The van der Waals surface area contributed by atoms with Gasteiger partial charge in [-0.25, -0.2) is 0 Å². The maximum atomic E-state index is 12.9. The number of carbonyl (C=O) groups is 2. The lowest BCUT2D eigenvalue weighted by Crippen LogP contribution is -2.44. The number of fused-ring (bicyclic) bond motifs is 3. The Labute approximate surface area is 129 Å². The molecule has 4 heteroatoms. The second-order valence-corrected chi connectivity index (χ2v) is 6.62. The number of rotatable bonds is 2. The van der Waals surface area contributed by atoms with Gasteiger partial charge in [0.15, 0.2) is 0 Å². The van der Waals surface area contributed by atoms with Crippen LogP contribution in [0.3, 0.4) is 0 Å². The summed E-state index contributed by atoms with van der Waals surface area (Å²) >= 11 is 0. The number of carboxylic acids is 1. The topological polar surface area (TPSA) is 57.6 Å². The van der Waals surface area contributed by atoms with Gasteiger partial charge >= 0.3 is 5.97 Å². The van der Waals surface area contributed by atoms with Crippen LogP contribution in [0.4, 0.5) is 0 Å². The molecule has 1 saturated carbocycles. The van der Waals surface area contributed by atoms with Crippen LogP contribution in [0.15, 0.2) is 36.4 Å². The average Bonchev–Trinajstić information content (AvgIpc) is 3.14. The molecule has 4 nitrogen and oxygen atoms in total. The molecule has 1 amide bonds. The zero-order valence-corrected chi connectivity index (χ0v) is 12.3. The minimum atomic E-state index is -0.826. The molecule has 0 saturated heterocycles. The van der Waals surface area contributed by atoms with Crippen molar-refractivity contribution < 1.29 is 14.7 Å². The Morgan fingerprint density at radius 2 is 1.73 bits per heavy atom. The van der Waals surface area contributed by atoms with Crippen LogP contribution in [0.25, 0.3) is 0 Å². The first-order valence-corrected chi connectivity index (χ1v) is 7.92. The summed E-state index contributed by atoms with van der Waals surface area (Å²) in [6.45, 7) is 1.30. The molecule has 0 unspecified atom stereocenters. The van der Waals surface area contributed by atoms with Gasteiger partial charge in [0.05, 0.1) is 11.8 Å². The molecular formula is C18H19NO3. The second-order valence-electron chi connectivity index (χ2n) is 6.62. The van der Waals surface area contributed by atoms with Gasteiger partial charge in [0.1, 0.15) is 0 Å². The monoisotopic (exact) mass is 297 g/mol. The van der Waals surface area contributed by atoms with Crippen molar-refractivity contribution in [2.75, 3.05) is 6.54 Å². The van der Waals surface area contributed by atoms with E-state index in [1.807, 2.05) is 29.2 Å². The quantitative estimate of drug-likeness (QED) is 0.850. The van der Waals surface area contributed by atoms with E-state index >= 15 is 0 Å². The Kier molecular flexibility index (Phi) is 3.06. The van der Waals surface area contributed by atoms with E-state index in [1.165, 1.54) is 11.1 Å². The zero-order chi connectivity index (χ0) is 15.3. The molecule has 1 aromatic carbocycles. The van der Waals surface area contributed by atoms with Crippen molar-refractivity contribution in [3.63, 3.8) is 0 Å². The van der Waals surface area contributed by atoms with E-state index in [4.69, 9.17) is 0 Å². The van der Waals surface area contributed by atoms with E-state index in [0.29, 0.717) is 13.1 Å². The minimum Gasteiger partial charge on any atom is -0.481 e. The molecule has 0 spiro atoms. The SMILES string of the molecule is O=C(O)[C@@H]1[C@@H](C(=O)N2CCc3ccccc3C2)[C@@H]2C=C[C@@H]1C2. The first kappa shape index (κ1) is 13.6. The summed E-state index contributed by atoms with van der Waals surface area (Å²) in [4.78, 5) is 26.4. The van der Waals surface area contributed by atoms with Gasteiger partial charge in [-0.05, 0) is 35.8 Å². The normalized spacial score (nSPS) is 32.1. The second kappa shape index (κ2) is 4.97. The van der Waals surface area contributed by atoms with Gasteiger partial charge in [0, 0.05) is 13.1 Å². The van der Waals surface area contributed by atoms with Crippen molar-refractivity contribution in [2.45, 2.75) is 19.4 Å². The van der Waals surface area contributed by atoms with Crippen LogP contribution >= 0.6 is 0 Å². The maximum Gasteiger partial charge on any atom is 0.307 e.